The van der Waals surface area contributed by atoms with Gasteiger partial charge >= 0.3 is 0 Å². The molecular formula is C11H19N5O2. The number of amides is 1. The Morgan fingerprint density at radius 2 is 2.50 bits per heavy atom. The zero-order valence-electron chi connectivity index (χ0n) is 10.5. The van der Waals surface area contributed by atoms with Gasteiger partial charge in [-0.25, -0.2) is 4.68 Å². The number of methoxy groups -OCH3 is 1. The summed E-state index contributed by atoms with van der Waals surface area (Å²) in [7, 11) is 1.71. The lowest BCUT2D eigenvalue weighted by Crippen LogP contribution is -2.35. The van der Waals surface area contributed by atoms with Crippen molar-refractivity contribution < 1.29 is 9.53 Å². The Morgan fingerprint density at radius 3 is 3.11 bits per heavy atom. The van der Waals surface area contributed by atoms with Crippen molar-refractivity contribution in [1.29, 1.82) is 0 Å². The van der Waals surface area contributed by atoms with Gasteiger partial charge in [0.1, 0.15) is 6.54 Å². The first-order valence-corrected chi connectivity index (χ1v) is 6.12. The quantitative estimate of drug-likeness (QED) is 0.732. The number of carbonyl (C=O) groups excluding carboxylic acids is 1. The molecule has 1 aromatic heterocycles. The van der Waals surface area contributed by atoms with Crippen LogP contribution in [0.25, 0.3) is 0 Å². The highest BCUT2D eigenvalue weighted by Crippen LogP contribution is 2.21. The monoisotopic (exact) mass is 253 g/mol. The Morgan fingerprint density at radius 1 is 1.67 bits per heavy atom. The second-order valence-electron chi connectivity index (χ2n) is 4.55. The summed E-state index contributed by atoms with van der Waals surface area (Å²) in [4.78, 5) is 11.8. The van der Waals surface area contributed by atoms with Crippen LogP contribution in [-0.2, 0) is 22.6 Å². The van der Waals surface area contributed by atoms with E-state index in [4.69, 9.17) is 10.5 Å². The molecule has 2 unspecified atom stereocenters. The molecule has 1 saturated carbocycles. The minimum atomic E-state index is -0.0507. The summed E-state index contributed by atoms with van der Waals surface area (Å²) in [5.41, 5.74) is 6.11. The molecule has 1 aliphatic rings. The van der Waals surface area contributed by atoms with E-state index < -0.39 is 0 Å². The van der Waals surface area contributed by atoms with Crippen LogP contribution in [0.4, 0.5) is 0 Å². The molecule has 18 heavy (non-hydrogen) atoms. The van der Waals surface area contributed by atoms with Crippen LogP contribution in [0.15, 0.2) is 6.20 Å². The molecule has 1 aliphatic carbocycles. The third-order valence-corrected chi connectivity index (χ3v) is 3.18. The highest BCUT2D eigenvalue weighted by atomic mass is 16.5. The molecule has 1 amide bonds. The molecule has 1 heterocycles. The van der Waals surface area contributed by atoms with Gasteiger partial charge in [-0.3, -0.25) is 4.79 Å². The molecule has 0 aliphatic heterocycles. The molecule has 3 N–H and O–H groups in total. The lowest BCUT2D eigenvalue weighted by Gasteiger charge is -2.12. The maximum atomic E-state index is 11.8. The number of nitrogens with two attached hydrogens (primary N) is 1. The number of nitrogens with zero attached hydrogens (tertiary/aromatic N) is 3. The van der Waals surface area contributed by atoms with Crippen LogP contribution >= 0.6 is 0 Å². The average molecular weight is 253 g/mol. The number of nitrogens with one attached hydrogen (secondary N) is 1. The van der Waals surface area contributed by atoms with Crippen molar-refractivity contribution in [3.8, 4) is 0 Å². The van der Waals surface area contributed by atoms with Crippen molar-refractivity contribution in [1.82, 2.24) is 20.3 Å². The van der Waals surface area contributed by atoms with Crippen molar-refractivity contribution in [3.05, 3.63) is 11.9 Å². The second-order valence-corrected chi connectivity index (χ2v) is 4.55. The van der Waals surface area contributed by atoms with Crippen molar-refractivity contribution in [2.24, 2.45) is 5.73 Å². The predicted molar refractivity (Wildman–Crippen MR) is 64.5 cm³/mol. The lowest BCUT2D eigenvalue weighted by atomic mass is 10.2. The SMILES string of the molecule is COC1CCC(NC(=O)Cn2cc(CN)nn2)C1. The van der Waals surface area contributed by atoms with Crippen molar-refractivity contribution in [2.45, 2.75) is 44.5 Å². The largest absolute Gasteiger partial charge is 0.381 e. The summed E-state index contributed by atoms with van der Waals surface area (Å²) < 4.78 is 6.77. The van der Waals surface area contributed by atoms with E-state index in [0.717, 1.165) is 19.3 Å². The number of ether oxygens (including phenoxy) is 1. The van der Waals surface area contributed by atoms with Gasteiger partial charge in [0.25, 0.3) is 0 Å². The van der Waals surface area contributed by atoms with Crippen molar-refractivity contribution >= 4 is 5.91 Å². The van der Waals surface area contributed by atoms with Crippen LogP contribution in [0.3, 0.4) is 0 Å². The molecule has 0 aromatic carbocycles. The molecular weight excluding hydrogens is 234 g/mol. The van der Waals surface area contributed by atoms with E-state index in [1.807, 2.05) is 0 Å². The molecule has 2 atom stereocenters. The smallest absolute Gasteiger partial charge is 0.242 e. The van der Waals surface area contributed by atoms with Gasteiger partial charge in [-0.15, -0.1) is 5.10 Å². The molecule has 0 saturated heterocycles. The van der Waals surface area contributed by atoms with Crippen molar-refractivity contribution in [3.63, 3.8) is 0 Å². The highest BCUT2D eigenvalue weighted by molar-refractivity contribution is 5.75. The third-order valence-electron chi connectivity index (χ3n) is 3.18. The summed E-state index contributed by atoms with van der Waals surface area (Å²) in [6, 6.07) is 0.208. The molecule has 0 bridgehead atoms. The maximum Gasteiger partial charge on any atom is 0.242 e. The number of carbonyl (C=O) groups is 1. The van der Waals surface area contributed by atoms with E-state index in [2.05, 4.69) is 15.6 Å². The first-order valence-electron chi connectivity index (χ1n) is 6.12. The van der Waals surface area contributed by atoms with Gasteiger partial charge in [0.15, 0.2) is 0 Å². The highest BCUT2D eigenvalue weighted by Gasteiger charge is 2.25. The lowest BCUT2D eigenvalue weighted by molar-refractivity contribution is -0.122. The summed E-state index contributed by atoms with van der Waals surface area (Å²) in [5.74, 6) is -0.0507. The van der Waals surface area contributed by atoms with E-state index in [0.29, 0.717) is 12.2 Å². The van der Waals surface area contributed by atoms with Gasteiger partial charge in [0.05, 0.1) is 18.0 Å². The Labute approximate surface area is 106 Å². The molecule has 100 valence electrons. The Hall–Kier alpha value is -1.47. The standard InChI is InChI=1S/C11H19N5O2/c1-18-10-3-2-8(4-10)13-11(17)7-16-6-9(5-12)14-15-16/h6,8,10H,2-5,7,12H2,1H3,(H,13,17). The van der Waals surface area contributed by atoms with Gasteiger partial charge in [0.2, 0.25) is 5.91 Å². The van der Waals surface area contributed by atoms with E-state index in [1.54, 1.807) is 13.3 Å². The summed E-state index contributed by atoms with van der Waals surface area (Å²) in [5, 5.41) is 10.6. The van der Waals surface area contributed by atoms with Crippen LogP contribution in [0.1, 0.15) is 25.0 Å². The zero-order valence-corrected chi connectivity index (χ0v) is 10.5. The molecule has 1 aromatic rings. The summed E-state index contributed by atoms with van der Waals surface area (Å²) in [6.45, 7) is 0.515. The summed E-state index contributed by atoms with van der Waals surface area (Å²) >= 11 is 0. The number of rotatable bonds is 5. The predicted octanol–water partition coefficient (Wildman–Crippen LogP) is -0.579. The minimum Gasteiger partial charge on any atom is -0.381 e. The number of hydrogen-bond acceptors (Lipinski definition) is 5. The van der Waals surface area contributed by atoms with Gasteiger partial charge in [-0.2, -0.15) is 0 Å². The fourth-order valence-corrected chi connectivity index (χ4v) is 2.22. The second kappa shape index (κ2) is 5.92. The van der Waals surface area contributed by atoms with E-state index >= 15 is 0 Å². The fourth-order valence-electron chi connectivity index (χ4n) is 2.22. The van der Waals surface area contributed by atoms with Crippen LogP contribution in [0, 0.1) is 0 Å². The molecule has 2 rings (SSSR count). The third kappa shape index (κ3) is 3.27. The van der Waals surface area contributed by atoms with Crippen LogP contribution in [0.2, 0.25) is 0 Å². The van der Waals surface area contributed by atoms with Crippen molar-refractivity contribution in [2.75, 3.05) is 7.11 Å². The van der Waals surface area contributed by atoms with Crippen LogP contribution < -0.4 is 11.1 Å². The first kappa shape index (κ1) is 13.0. The van der Waals surface area contributed by atoms with Crippen LogP contribution in [-0.4, -0.2) is 40.2 Å². The zero-order chi connectivity index (χ0) is 13.0. The molecule has 0 radical (unpaired) electrons. The molecule has 1 fully saturated rings. The number of aromatic nitrogens is 3. The number of hydrogen-bond donors (Lipinski definition) is 2. The topological polar surface area (TPSA) is 95.1 Å². The van der Waals surface area contributed by atoms with Crippen LogP contribution in [0.5, 0.6) is 0 Å². The molecule has 0 spiro atoms. The van der Waals surface area contributed by atoms with E-state index in [1.165, 1.54) is 4.68 Å². The van der Waals surface area contributed by atoms with Gasteiger partial charge < -0.3 is 15.8 Å². The summed E-state index contributed by atoms with van der Waals surface area (Å²) in [6.07, 6.45) is 4.81. The Kier molecular flexibility index (Phi) is 4.27. The first-order chi connectivity index (χ1) is 8.71. The van der Waals surface area contributed by atoms with Gasteiger partial charge in [-0.1, -0.05) is 5.21 Å². The Bertz CT molecular complexity index is 406. The van der Waals surface area contributed by atoms with Gasteiger partial charge in [0, 0.05) is 19.7 Å². The fraction of sp³-hybridized carbons (Fsp3) is 0.727. The molecule has 7 heteroatoms. The average Bonchev–Trinajstić information content (AvgIpc) is 2.98. The minimum absolute atomic E-state index is 0.0507. The Balaban J connectivity index is 1.78. The van der Waals surface area contributed by atoms with E-state index in [9.17, 15) is 4.79 Å². The molecule has 7 nitrogen and oxygen atoms in total. The maximum absolute atomic E-state index is 11.8. The van der Waals surface area contributed by atoms with E-state index in [-0.39, 0.29) is 24.6 Å². The normalized spacial score (nSPS) is 23.2. The van der Waals surface area contributed by atoms with Gasteiger partial charge in [-0.05, 0) is 19.3 Å².